The lowest BCUT2D eigenvalue weighted by atomic mass is 9.90. The van der Waals surface area contributed by atoms with Gasteiger partial charge in [-0.1, -0.05) is 23.8 Å². The van der Waals surface area contributed by atoms with Crippen molar-refractivity contribution in [2.24, 2.45) is 11.7 Å². The summed E-state index contributed by atoms with van der Waals surface area (Å²) in [7, 11) is 0. The Morgan fingerprint density at radius 3 is 2.48 bits per heavy atom. The van der Waals surface area contributed by atoms with Gasteiger partial charge in [-0.05, 0) is 87.4 Å². The zero-order valence-corrected chi connectivity index (χ0v) is 25.8. The molecule has 3 fully saturated rings. The molecule has 3 aliphatic heterocycles. The van der Waals surface area contributed by atoms with Gasteiger partial charge in [-0.3, -0.25) is 14.5 Å². The Bertz CT molecular complexity index is 1400. The second-order valence-corrected chi connectivity index (χ2v) is 12.3. The standard InChI is InChI=1S/C33H40F4N4O5/c1-21-13-23(16-25(14-21)33(35,36)37)20-46-32(44)40-17-24(15-22-7-9-26(34)10-8-22)30(42)41-28(6-2-3-11-38)31(43)39(19-29(40)41)18-27-5-4-12-45-27/h7-10,13-14,16,24,27-29H,2-6,11-12,15,17-20,38H2,1H3/t24-,27?,28+,29-/m1/s1. The minimum Gasteiger partial charge on any atom is -0.444 e. The van der Waals surface area contributed by atoms with Crippen LogP contribution < -0.4 is 5.73 Å². The van der Waals surface area contributed by atoms with Crippen LogP contribution in [0, 0.1) is 18.7 Å². The van der Waals surface area contributed by atoms with Crippen LogP contribution in [0.1, 0.15) is 54.4 Å². The summed E-state index contributed by atoms with van der Waals surface area (Å²) in [5.74, 6) is -1.72. The SMILES string of the molecule is Cc1cc(COC(=O)N2C[C@@H](Cc3ccc(F)cc3)C(=O)N3[C@@H]2CN(CC2CCCO2)C(=O)[C@@H]3CCCCN)cc(C(F)(F)F)c1. The molecular formula is C33H40F4N4O5. The monoisotopic (exact) mass is 648 g/mol. The van der Waals surface area contributed by atoms with Gasteiger partial charge in [0.15, 0.2) is 0 Å². The average Bonchev–Trinajstić information content (AvgIpc) is 3.52. The van der Waals surface area contributed by atoms with Crippen molar-refractivity contribution in [3.63, 3.8) is 0 Å². The number of rotatable bonds is 10. The van der Waals surface area contributed by atoms with Gasteiger partial charge in [0, 0.05) is 19.7 Å². The highest BCUT2D eigenvalue weighted by molar-refractivity contribution is 5.91. The molecule has 13 heteroatoms. The number of halogens is 4. The quantitative estimate of drug-likeness (QED) is 0.298. The number of aryl methyl sites for hydroxylation is 1. The largest absolute Gasteiger partial charge is 0.444 e. The number of nitrogens with two attached hydrogens (primary N) is 1. The fourth-order valence-corrected chi connectivity index (χ4v) is 6.64. The number of hydrogen-bond acceptors (Lipinski definition) is 6. The normalized spacial score (nSPS) is 23.6. The van der Waals surface area contributed by atoms with Crippen LogP contribution in [0.25, 0.3) is 0 Å². The number of fused-ring (bicyclic) bond motifs is 1. The van der Waals surface area contributed by atoms with Crippen molar-refractivity contribution in [3.8, 4) is 0 Å². The molecule has 2 aromatic rings. The molecule has 1 unspecified atom stereocenters. The number of amides is 3. The molecule has 2 N–H and O–H groups in total. The first-order valence-electron chi connectivity index (χ1n) is 15.7. The van der Waals surface area contributed by atoms with E-state index in [0.29, 0.717) is 50.1 Å². The summed E-state index contributed by atoms with van der Waals surface area (Å²) >= 11 is 0. The molecule has 0 radical (unpaired) electrons. The van der Waals surface area contributed by atoms with Gasteiger partial charge in [0.25, 0.3) is 0 Å². The number of carbonyl (C=O) groups excluding carboxylic acids is 3. The number of carbonyl (C=O) groups is 3. The predicted octanol–water partition coefficient (Wildman–Crippen LogP) is 4.64. The van der Waals surface area contributed by atoms with E-state index < -0.39 is 48.4 Å². The zero-order valence-electron chi connectivity index (χ0n) is 25.8. The molecule has 3 saturated heterocycles. The molecule has 0 spiro atoms. The summed E-state index contributed by atoms with van der Waals surface area (Å²) in [5, 5.41) is 0. The molecular weight excluding hydrogens is 608 g/mol. The van der Waals surface area contributed by atoms with E-state index >= 15 is 0 Å². The van der Waals surface area contributed by atoms with E-state index in [1.54, 1.807) is 17.0 Å². The lowest BCUT2D eigenvalue weighted by Crippen LogP contribution is -2.73. The van der Waals surface area contributed by atoms with Crippen LogP contribution in [-0.2, 0) is 38.3 Å². The van der Waals surface area contributed by atoms with Gasteiger partial charge in [-0.15, -0.1) is 0 Å². The van der Waals surface area contributed by atoms with E-state index in [0.717, 1.165) is 25.0 Å². The van der Waals surface area contributed by atoms with E-state index in [9.17, 15) is 31.9 Å². The van der Waals surface area contributed by atoms with Gasteiger partial charge in [0.1, 0.15) is 24.6 Å². The lowest BCUT2D eigenvalue weighted by Gasteiger charge is -2.54. The van der Waals surface area contributed by atoms with E-state index in [1.807, 2.05) is 0 Å². The van der Waals surface area contributed by atoms with E-state index in [-0.39, 0.29) is 43.0 Å². The second kappa shape index (κ2) is 14.4. The molecule has 0 aliphatic carbocycles. The zero-order chi connectivity index (χ0) is 33.0. The third-order valence-corrected chi connectivity index (χ3v) is 8.85. The van der Waals surface area contributed by atoms with Gasteiger partial charge in [0.2, 0.25) is 11.8 Å². The third-order valence-electron chi connectivity index (χ3n) is 8.85. The van der Waals surface area contributed by atoms with Crippen molar-refractivity contribution in [2.75, 3.05) is 32.8 Å². The van der Waals surface area contributed by atoms with Crippen LogP contribution in [0.4, 0.5) is 22.4 Å². The average molecular weight is 649 g/mol. The maximum Gasteiger partial charge on any atom is 0.416 e. The Morgan fingerprint density at radius 1 is 1.04 bits per heavy atom. The first kappa shape index (κ1) is 33.6. The van der Waals surface area contributed by atoms with Crippen molar-refractivity contribution in [1.29, 1.82) is 0 Å². The Labute approximate surface area is 265 Å². The van der Waals surface area contributed by atoms with Gasteiger partial charge in [-0.25, -0.2) is 9.18 Å². The molecule has 3 heterocycles. The first-order chi connectivity index (χ1) is 21.9. The van der Waals surface area contributed by atoms with Crippen LogP contribution in [0.5, 0.6) is 0 Å². The molecule has 9 nitrogen and oxygen atoms in total. The van der Waals surface area contributed by atoms with Crippen molar-refractivity contribution in [1.82, 2.24) is 14.7 Å². The van der Waals surface area contributed by atoms with Crippen molar-refractivity contribution in [3.05, 3.63) is 70.5 Å². The predicted molar refractivity (Wildman–Crippen MR) is 160 cm³/mol. The number of hydrogen-bond donors (Lipinski definition) is 1. The number of unbranched alkanes of at least 4 members (excludes halogenated alkanes) is 1. The topological polar surface area (TPSA) is 105 Å². The molecule has 4 atom stereocenters. The lowest BCUT2D eigenvalue weighted by molar-refractivity contribution is -0.174. The Balaban J connectivity index is 1.44. The minimum absolute atomic E-state index is 0.0405. The number of alkyl halides is 3. The third kappa shape index (κ3) is 7.80. The molecule has 3 amide bonds. The molecule has 0 bridgehead atoms. The maximum atomic E-state index is 14.1. The Hall–Kier alpha value is -3.71. The number of nitrogens with zero attached hydrogens (tertiary/aromatic N) is 3. The van der Waals surface area contributed by atoms with Crippen LogP contribution >= 0.6 is 0 Å². The summed E-state index contributed by atoms with van der Waals surface area (Å²) in [6, 6.07) is 8.34. The fraction of sp³-hybridized carbons (Fsp3) is 0.545. The Morgan fingerprint density at radius 2 is 1.80 bits per heavy atom. The van der Waals surface area contributed by atoms with E-state index in [1.165, 1.54) is 34.9 Å². The summed E-state index contributed by atoms with van der Waals surface area (Å²) in [4.78, 5) is 46.4. The Kier molecular flexibility index (Phi) is 10.5. The van der Waals surface area contributed by atoms with Crippen LogP contribution in [0.2, 0.25) is 0 Å². The highest BCUT2D eigenvalue weighted by Crippen LogP contribution is 2.34. The summed E-state index contributed by atoms with van der Waals surface area (Å²) in [6.45, 7) is 2.44. The number of benzene rings is 2. The van der Waals surface area contributed by atoms with Gasteiger partial charge >= 0.3 is 12.3 Å². The summed E-state index contributed by atoms with van der Waals surface area (Å²) in [5.41, 5.74) is 6.10. The molecule has 46 heavy (non-hydrogen) atoms. The van der Waals surface area contributed by atoms with Crippen molar-refractivity contribution >= 4 is 17.9 Å². The van der Waals surface area contributed by atoms with Crippen molar-refractivity contribution < 1.29 is 41.4 Å². The van der Waals surface area contributed by atoms with Crippen LogP contribution in [0.15, 0.2) is 42.5 Å². The van der Waals surface area contributed by atoms with Gasteiger partial charge in [0.05, 0.1) is 24.1 Å². The molecule has 2 aromatic carbocycles. The first-order valence-corrected chi connectivity index (χ1v) is 15.7. The van der Waals surface area contributed by atoms with Crippen LogP contribution in [-0.4, -0.2) is 83.7 Å². The highest BCUT2D eigenvalue weighted by Gasteiger charge is 2.52. The minimum atomic E-state index is -4.56. The van der Waals surface area contributed by atoms with Crippen LogP contribution in [0.3, 0.4) is 0 Å². The number of ether oxygens (including phenoxy) is 2. The molecule has 250 valence electrons. The molecule has 0 saturated carbocycles. The highest BCUT2D eigenvalue weighted by atomic mass is 19.4. The van der Waals surface area contributed by atoms with Gasteiger partial charge in [-0.2, -0.15) is 13.2 Å². The molecule has 0 aromatic heterocycles. The number of piperazine rings is 1. The fourth-order valence-electron chi connectivity index (χ4n) is 6.64. The van der Waals surface area contributed by atoms with Gasteiger partial charge < -0.3 is 25.0 Å². The molecule has 3 aliphatic rings. The summed E-state index contributed by atoms with van der Waals surface area (Å²) in [6.07, 6.45) is -2.97. The maximum absolute atomic E-state index is 14.1. The molecule has 5 rings (SSSR count). The van der Waals surface area contributed by atoms with E-state index in [2.05, 4.69) is 0 Å². The van der Waals surface area contributed by atoms with E-state index in [4.69, 9.17) is 15.2 Å². The smallest absolute Gasteiger partial charge is 0.416 e. The summed E-state index contributed by atoms with van der Waals surface area (Å²) < 4.78 is 65.4. The van der Waals surface area contributed by atoms with Crippen molar-refractivity contribution in [2.45, 2.75) is 76.5 Å². The second-order valence-electron chi connectivity index (χ2n) is 12.3.